The van der Waals surface area contributed by atoms with E-state index in [1.54, 1.807) is 13.8 Å². The van der Waals surface area contributed by atoms with Crippen LogP contribution in [0.25, 0.3) is 0 Å². The first-order valence-corrected chi connectivity index (χ1v) is 14.2. The van der Waals surface area contributed by atoms with Crippen LogP contribution in [0.4, 0.5) is 0 Å². The fraction of sp³-hybridized carbons (Fsp3) is 0.345. The highest BCUT2D eigenvalue weighted by molar-refractivity contribution is 8.01. The largest absolute Gasteiger partial charge is 0.508 e. The Morgan fingerprint density at radius 2 is 1.44 bits per heavy atom. The number of carbonyl (C=O) groups excluding carboxylic acids is 6. The highest BCUT2D eigenvalue weighted by atomic mass is 32.2. The number of carboxylic acid groups (broad SMARTS) is 1. The van der Waals surface area contributed by atoms with Gasteiger partial charge in [0.2, 0.25) is 17.6 Å². The second kappa shape index (κ2) is 12.5. The Morgan fingerprint density at radius 3 is 1.93 bits per heavy atom. The van der Waals surface area contributed by atoms with Gasteiger partial charge in [-0.2, -0.15) is 0 Å². The number of aliphatic carboxylic acids is 1. The number of phenols is 1. The fourth-order valence-electron chi connectivity index (χ4n) is 4.98. The molecule has 4 rings (SSSR count). The Balaban J connectivity index is 1.66. The molecule has 0 bridgehead atoms. The molecule has 2 aliphatic rings. The Morgan fingerprint density at radius 1 is 0.911 bits per heavy atom. The lowest BCUT2D eigenvalue weighted by Crippen LogP contribution is -2.71. The molecule has 3 amide bonds. The van der Waals surface area contributed by atoms with Crippen molar-refractivity contribution in [2.75, 3.05) is 0 Å². The fourth-order valence-corrected chi connectivity index (χ4v) is 6.60. The molecule has 2 aliphatic heterocycles. The van der Waals surface area contributed by atoms with E-state index in [0.29, 0.717) is 0 Å². The average molecular weight is 644 g/mol. The van der Waals surface area contributed by atoms with E-state index in [9.17, 15) is 43.8 Å². The zero-order valence-electron chi connectivity index (χ0n) is 24.6. The van der Waals surface area contributed by atoms with Gasteiger partial charge in [0.25, 0.3) is 5.91 Å². The van der Waals surface area contributed by atoms with Crippen LogP contribution >= 0.6 is 11.8 Å². The first-order chi connectivity index (χ1) is 21.0. The Hall–Kier alpha value is -5.12. The van der Waals surface area contributed by atoms with Crippen LogP contribution in [0.15, 0.2) is 36.4 Å². The Labute approximate surface area is 260 Å². The van der Waals surface area contributed by atoms with Gasteiger partial charge in [0.1, 0.15) is 29.2 Å². The number of thioether (sulfide) groups is 1. The summed E-state index contributed by atoms with van der Waals surface area (Å²) in [5, 5.41) is 23.9. The first-order valence-electron chi connectivity index (χ1n) is 13.4. The van der Waals surface area contributed by atoms with E-state index in [1.165, 1.54) is 40.9 Å². The van der Waals surface area contributed by atoms with Crippen LogP contribution in [0.5, 0.6) is 23.0 Å². The number of ether oxygens (including phenoxy) is 3. The number of β-lactam (4-membered cyclic amide) rings is 1. The maximum atomic E-state index is 13.6. The molecule has 4 atom stereocenters. The van der Waals surface area contributed by atoms with Gasteiger partial charge in [-0.05, 0) is 43.7 Å². The molecule has 2 fully saturated rings. The van der Waals surface area contributed by atoms with Crippen LogP contribution in [0.2, 0.25) is 0 Å². The number of carboxylic acids is 1. The molecule has 0 spiro atoms. The summed E-state index contributed by atoms with van der Waals surface area (Å²) in [5.41, 5.74) is -0.0830. The lowest BCUT2D eigenvalue weighted by molar-refractivity contribution is -0.161. The molecule has 4 N–H and O–H groups in total. The van der Waals surface area contributed by atoms with Crippen LogP contribution in [0.3, 0.4) is 0 Å². The molecular formula is C29H29N3O12S. The number of hydrogen-bond donors (Lipinski definition) is 4. The number of amides is 3. The smallest absolute Gasteiger partial charge is 0.327 e. The summed E-state index contributed by atoms with van der Waals surface area (Å²) in [6.45, 7) is 6.51. The zero-order valence-corrected chi connectivity index (χ0v) is 25.4. The summed E-state index contributed by atoms with van der Waals surface area (Å²) in [6.07, 6.45) is 0. The minimum atomic E-state index is -1.46. The predicted octanol–water partition coefficient (Wildman–Crippen LogP) is 1.27. The topological polar surface area (TPSA) is 215 Å². The standard InChI is InChI=1S/C29H29N3O12S/c1-12(33)42-18-10-16(11-19(43-13(2)34)22(18)44-14(3)35)24(37)30-20(15-6-8-17(36)9-7-15)25(38)31-21-26(39)32-23(28(40)41)29(4,5)45-27(21)32/h6-11,20-21,23,27,36H,1-5H3,(H,30,37)(H,31,38)(H,40,41)/t20?,21-,23+,27-/m1/s1. The molecule has 238 valence electrons. The number of esters is 3. The van der Waals surface area contributed by atoms with Crippen molar-refractivity contribution in [3.05, 3.63) is 47.5 Å². The zero-order chi connectivity index (χ0) is 33.4. The normalized spacial score (nSPS) is 20.2. The summed E-state index contributed by atoms with van der Waals surface area (Å²) >= 11 is 1.22. The Bertz CT molecular complexity index is 1570. The van der Waals surface area contributed by atoms with Crippen molar-refractivity contribution < 1.29 is 58.0 Å². The molecule has 45 heavy (non-hydrogen) atoms. The summed E-state index contributed by atoms with van der Waals surface area (Å²) in [6, 6.07) is 3.69. The van der Waals surface area contributed by atoms with Crippen molar-refractivity contribution in [3.8, 4) is 23.0 Å². The highest BCUT2D eigenvalue weighted by Crippen LogP contribution is 2.51. The minimum Gasteiger partial charge on any atom is -0.508 e. The summed E-state index contributed by atoms with van der Waals surface area (Å²) in [5.74, 6) is -7.54. The lowest BCUT2D eigenvalue weighted by Gasteiger charge is -2.44. The van der Waals surface area contributed by atoms with Crippen molar-refractivity contribution in [1.29, 1.82) is 0 Å². The van der Waals surface area contributed by atoms with Gasteiger partial charge in [-0.3, -0.25) is 28.8 Å². The van der Waals surface area contributed by atoms with E-state index in [1.807, 2.05) is 0 Å². The number of aromatic hydroxyl groups is 1. The van der Waals surface area contributed by atoms with Gasteiger partial charge in [-0.1, -0.05) is 12.1 Å². The van der Waals surface area contributed by atoms with Crippen LogP contribution in [0, 0.1) is 0 Å². The lowest BCUT2D eigenvalue weighted by atomic mass is 9.95. The maximum absolute atomic E-state index is 13.6. The van der Waals surface area contributed by atoms with E-state index >= 15 is 0 Å². The van der Waals surface area contributed by atoms with Gasteiger partial charge in [0.05, 0.1) is 0 Å². The Kier molecular flexibility index (Phi) is 9.09. The molecule has 0 aliphatic carbocycles. The summed E-state index contributed by atoms with van der Waals surface area (Å²) in [4.78, 5) is 88.5. The SMILES string of the molecule is CC(=O)Oc1cc(C(=O)NC(C(=O)N[C@@H]2C(=O)N3[C@@H]2SC(C)(C)[C@@H]3C(=O)O)c2ccc(O)cc2)cc(OC(C)=O)c1OC(C)=O. The van der Waals surface area contributed by atoms with Gasteiger partial charge in [-0.25, -0.2) is 4.79 Å². The third-order valence-corrected chi connectivity index (χ3v) is 8.34. The number of nitrogens with one attached hydrogen (secondary N) is 2. The number of phenolic OH excluding ortho intramolecular Hbond substituents is 1. The van der Waals surface area contributed by atoms with Crippen LogP contribution in [0.1, 0.15) is 56.6 Å². The molecule has 2 saturated heterocycles. The molecule has 0 aromatic heterocycles. The van der Waals surface area contributed by atoms with Crippen molar-refractivity contribution in [2.24, 2.45) is 0 Å². The van der Waals surface area contributed by atoms with Crippen molar-refractivity contribution >= 4 is 53.4 Å². The van der Waals surface area contributed by atoms with E-state index < -0.39 is 87.1 Å². The van der Waals surface area contributed by atoms with Crippen molar-refractivity contribution in [2.45, 2.75) is 62.9 Å². The van der Waals surface area contributed by atoms with Crippen molar-refractivity contribution in [3.63, 3.8) is 0 Å². The number of benzene rings is 2. The number of fused-ring (bicyclic) bond motifs is 1. The molecular weight excluding hydrogens is 614 g/mol. The van der Waals surface area contributed by atoms with E-state index in [0.717, 1.165) is 32.9 Å². The molecule has 0 saturated carbocycles. The van der Waals surface area contributed by atoms with Gasteiger partial charge >= 0.3 is 23.9 Å². The molecule has 1 unspecified atom stereocenters. The molecule has 15 nitrogen and oxygen atoms in total. The summed E-state index contributed by atoms with van der Waals surface area (Å²) < 4.78 is 14.4. The maximum Gasteiger partial charge on any atom is 0.327 e. The molecule has 0 radical (unpaired) electrons. The van der Waals surface area contributed by atoms with Crippen LogP contribution < -0.4 is 24.8 Å². The quantitative estimate of drug-likeness (QED) is 0.172. The van der Waals surface area contributed by atoms with E-state index in [-0.39, 0.29) is 16.9 Å². The molecule has 2 heterocycles. The minimum absolute atomic E-state index is 0.128. The second-order valence-corrected chi connectivity index (χ2v) is 12.4. The highest BCUT2D eigenvalue weighted by Gasteiger charge is 2.64. The number of rotatable bonds is 9. The van der Waals surface area contributed by atoms with Crippen LogP contribution in [-0.2, 0) is 28.8 Å². The van der Waals surface area contributed by atoms with E-state index in [4.69, 9.17) is 14.2 Å². The monoisotopic (exact) mass is 643 g/mol. The second-order valence-electron chi connectivity index (χ2n) is 10.7. The number of hydrogen-bond acceptors (Lipinski definition) is 12. The van der Waals surface area contributed by atoms with Gasteiger partial charge in [0.15, 0.2) is 11.5 Å². The van der Waals surface area contributed by atoms with E-state index in [2.05, 4.69) is 10.6 Å². The number of carbonyl (C=O) groups is 7. The molecule has 2 aromatic carbocycles. The third kappa shape index (κ3) is 6.85. The van der Waals surface area contributed by atoms with Gasteiger partial charge in [0, 0.05) is 31.1 Å². The van der Waals surface area contributed by atoms with Crippen molar-refractivity contribution in [1.82, 2.24) is 15.5 Å². The first kappa shape index (κ1) is 32.8. The molecule has 16 heteroatoms. The predicted molar refractivity (Wildman–Crippen MR) is 154 cm³/mol. The molecule has 2 aromatic rings. The third-order valence-electron chi connectivity index (χ3n) is 6.77. The van der Waals surface area contributed by atoms with Gasteiger partial charge < -0.3 is 40.0 Å². The van der Waals surface area contributed by atoms with Crippen LogP contribution in [-0.4, -0.2) is 78.9 Å². The average Bonchev–Trinajstić information content (AvgIpc) is 3.19. The number of nitrogens with zero attached hydrogens (tertiary/aromatic N) is 1. The summed E-state index contributed by atoms with van der Waals surface area (Å²) in [7, 11) is 0. The van der Waals surface area contributed by atoms with Gasteiger partial charge in [-0.15, -0.1) is 11.8 Å².